The number of hydrogen-bond donors (Lipinski definition) is 1. The van der Waals surface area contributed by atoms with E-state index in [2.05, 4.69) is 26.8 Å². The van der Waals surface area contributed by atoms with E-state index < -0.39 is 0 Å². The van der Waals surface area contributed by atoms with Crippen LogP contribution in [0.25, 0.3) is 0 Å². The number of benzene rings is 1. The van der Waals surface area contributed by atoms with Gasteiger partial charge in [0.25, 0.3) is 0 Å². The molecule has 0 spiro atoms. The fourth-order valence-corrected chi connectivity index (χ4v) is 4.12. The second-order valence-electron chi connectivity index (χ2n) is 9.10. The van der Waals surface area contributed by atoms with Crippen LogP contribution in [0.3, 0.4) is 0 Å². The predicted molar refractivity (Wildman–Crippen MR) is 121 cm³/mol. The molecule has 0 radical (unpaired) electrons. The smallest absolute Gasteiger partial charge is 0.119 e. The Hall–Kier alpha value is -0.980. The van der Waals surface area contributed by atoms with Gasteiger partial charge in [-0.05, 0) is 23.5 Å². The molecule has 0 atom stereocenters. The molecule has 1 N–H and O–H groups in total. The first-order valence-corrected chi connectivity index (χ1v) is 11.9. The third-order valence-electron chi connectivity index (χ3n) is 6.04. The van der Waals surface area contributed by atoms with E-state index in [-0.39, 0.29) is 5.41 Å². The van der Waals surface area contributed by atoms with Crippen molar-refractivity contribution in [2.45, 2.75) is 129 Å². The number of aromatic hydroxyl groups is 1. The number of phenols is 1. The highest BCUT2D eigenvalue weighted by Gasteiger charge is 2.22. The summed E-state index contributed by atoms with van der Waals surface area (Å²) in [5.41, 5.74) is 1.16. The summed E-state index contributed by atoms with van der Waals surface area (Å²) in [6, 6.07) is 7.82. The maximum Gasteiger partial charge on any atom is 0.119 e. The SMILES string of the molecule is CCCCCCCCCCCCCCCCCC(C)(C)c1ccccc1O. The first kappa shape index (κ1) is 24.1. The molecule has 1 aromatic rings. The Morgan fingerprint density at radius 3 is 1.48 bits per heavy atom. The van der Waals surface area contributed by atoms with Crippen molar-refractivity contribution in [1.29, 1.82) is 0 Å². The van der Waals surface area contributed by atoms with Crippen LogP contribution in [0, 0.1) is 0 Å². The van der Waals surface area contributed by atoms with Crippen molar-refractivity contribution in [3.63, 3.8) is 0 Å². The lowest BCUT2D eigenvalue weighted by Crippen LogP contribution is -2.17. The first-order valence-electron chi connectivity index (χ1n) is 11.9. The molecule has 0 aliphatic rings. The summed E-state index contributed by atoms with van der Waals surface area (Å²) in [5.74, 6) is 0.448. The standard InChI is InChI=1S/C26H46O/c1-4-5-6-7-8-9-10-11-12-13-14-15-16-17-20-23-26(2,3)24-21-18-19-22-25(24)27/h18-19,21-22,27H,4-17,20,23H2,1-3H3. The van der Waals surface area contributed by atoms with E-state index >= 15 is 0 Å². The lowest BCUT2D eigenvalue weighted by molar-refractivity contribution is 0.404. The Labute approximate surface area is 170 Å². The zero-order chi connectivity index (χ0) is 19.8. The average molecular weight is 375 g/mol. The Balaban J connectivity index is 1.91. The molecule has 1 heteroatoms. The van der Waals surface area contributed by atoms with Gasteiger partial charge >= 0.3 is 0 Å². The van der Waals surface area contributed by atoms with Crippen molar-refractivity contribution in [2.24, 2.45) is 0 Å². The van der Waals surface area contributed by atoms with Crippen LogP contribution in [0.1, 0.15) is 129 Å². The molecule has 0 fully saturated rings. The van der Waals surface area contributed by atoms with Gasteiger partial charge in [0.1, 0.15) is 5.75 Å². The molecule has 156 valence electrons. The van der Waals surface area contributed by atoms with Crippen LogP contribution < -0.4 is 0 Å². The second-order valence-corrected chi connectivity index (χ2v) is 9.10. The molecule has 0 bridgehead atoms. The molecule has 1 nitrogen and oxygen atoms in total. The monoisotopic (exact) mass is 374 g/mol. The molecule has 27 heavy (non-hydrogen) atoms. The molecular weight excluding hydrogens is 328 g/mol. The minimum atomic E-state index is 0.0713. The summed E-state index contributed by atoms with van der Waals surface area (Å²) in [6.45, 7) is 6.80. The van der Waals surface area contributed by atoms with E-state index in [0.717, 1.165) is 12.0 Å². The molecule has 0 saturated heterocycles. The molecule has 0 amide bonds. The Bertz CT molecular complexity index is 463. The number of unbranched alkanes of at least 4 members (excludes halogenated alkanes) is 14. The van der Waals surface area contributed by atoms with Crippen molar-refractivity contribution < 1.29 is 5.11 Å². The lowest BCUT2D eigenvalue weighted by Gasteiger charge is -2.26. The Kier molecular flexibility index (Phi) is 13.4. The molecule has 1 aromatic carbocycles. The summed E-state index contributed by atoms with van der Waals surface area (Å²) in [4.78, 5) is 0. The highest BCUT2D eigenvalue weighted by atomic mass is 16.3. The van der Waals surface area contributed by atoms with Gasteiger partial charge in [-0.25, -0.2) is 0 Å². The van der Waals surface area contributed by atoms with Crippen LogP contribution in [0.2, 0.25) is 0 Å². The molecule has 0 aromatic heterocycles. The van der Waals surface area contributed by atoms with Crippen LogP contribution >= 0.6 is 0 Å². The summed E-state index contributed by atoms with van der Waals surface area (Å²) in [5, 5.41) is 10.1. The summed E-state index contributed by atoms with van der Waals surface area (Å²) < 4.78 is 0. The fourth-order valence-electron chi connectivity index (χ4n) is 4.12. The van der Waals surface area contributed by atoms with Gasteiger partial charge in [-0.3, -0.25) is 0 Å². The van der Waals surface area contributed by atoms with Crippen LogP contribution in [0.4, 0.5) is 0 Å². The van der Waals surface area contributed by atoms with Crippen LogP contribution in [0.5, 0.6) is 5.75 Å². The zero-order valence-corrected chi connectivity index (χ0v) is 18.6. The van der Waals surface area contributed by atoms with Gasteiger partial charge in [0.2, 0.25) is 0 Å². The zero-order valence-electron chi connectivity index (χ0n) is 18.6. The van der Waals surface area contributed by atoms with Crippen molar-refractivity contribution in [3.8, 4) is 5.75 Å². The van der Waals surface area contributed by atoms with Crippen LogP contribution in [0.15, 0.2) is 24.3 Å². The molecule has 0 aliphatic carbocycles. The summed E-state index contributed by atoms with van der Waals surface area (Å²) in [6.07, 6.45) is 22.3. The number of para-hydroxylation sites is 1. The van der Waals surface area contributed by atoms with Gasteiger partial charge in [0.05, 0.1) is 0 Å². The molecule has 0 aliphatic heterocycles. The average Bonchev–Trinajstić information content (AvgIpc) is 2.65. The first-order chi connectivity index (χ1) is 13.1. The molecular formula is C26H46O. The van der Waals surface area contributed by atoms with Crippen LogP contribution in [-0.2, 0) is 5.41 Å². The van der Waals surface area contributed by atoms with Crippen molar-refractivity contribution >= 4 is 0 Å². The second kappa shape index (κ2) is 15.0. The molecule has 0 saturated carbocycles. The molecule has 0 heterocycles. The maximum absolute atomic E-state index is 10.1. The summed E-state index contributed by atoms with van der Waals surface area (Å²) >= 11 is 0. The Morgan fingerprint density at radius 2 is 1.04 bits per heavy atom. The largest absolute Gasteiger partial charge is 0.508 e. The number of hydrogen-bond acceptors (Lipinski definition) is 1. The summed E-state index contributed by atoms with van der Waals surface area (Å²) in [7, 11) is 0. The van der Waals surface area contributed by atoms with Gasteiger partial charge in [-0.2, -0.15) is 0 Å². The van der Waals surface area contributed by atoms with Gasteiger partial charge in [0.15, 0.2) is 0 Å². The maximum atomic E-state index is 10.1. The number of phenolic OH excluding ortho intramolecular Hbond substituents is 1. The normalized spacial score (nSPS) is 11.8. The van der Waals surface area contributed by atoms with Crippen molar-refractivity contribution in [1.82, 2.24) is 0 Å². The van der Waals surface area contributed by atoms with Crippen molar-refractivity contribution in [3.05, 3.63) is 29.8 Å². The highest BCUT2D eigenvalue weighted by molar-refractivity contribution is 5.37. The predicted octanol–water partition coefficient (Wildman–Crippen LogP) is 8.93. The van der Waals surface area contributed by atoms with E-state index in [4.69, 9.17) is 0 Å². The van der Waals surface area contributed by atoms with Crippen molar-refractivity contribution in [2.75, 3.05) is 0 Å². The van der Waals surface area contributed by atoms with Crippen LogP contribution in [-0.4, -0.2) is 5.11 Å². The third kappa shape index (κ3) is 11.5. The fraction of sp³-hybridized carbons (Fsp3) is 0.769. The van der Waals surface area contributed by atoms with Gasteiger partial charge in [-0.15, -0.1) is 0 Å². The minimum Gasteiger partial charge on any atom is -0.508 e. The van der Waals surface area contributed by atoms with Gasteiger partial charge in [0, 0.05) is 0 Å². The number of rotatable bonds is 17. The molecule has 0 unspecified atom stereocenters. The van der Waals surface area contributed by atoms with E-state index in [9.17, 15) is 5.11 Å². The minimum absolute atomic E-state index is 0.0713. The molecule has 1 rings (SSSR count). The topological polar surface area (TPSA) is 20.2 Å². The van der Waals surface area contributed by atoms with E-state index in [0.29, 0.717) is 5.75 Å². The van der Waals surface area contributed by atoms with Gasteiger partial charge < -0.3 is 5.11 Å². The van der Waals surface area contributed by atoms with Gasteiger partial charge in [-0.1, -0.05) is 135 Å². The lowest BCUT2D eigenvalue weighted by atomic mass is 9.79. The Morgan fingerprint density at radius 1 is 0.630 bits per heavy atom. The third-order valence-corrected chi connectivity index (χ3v) is 6.04. The highest BCUT2D eigenvalue weighted by Crippen LogP contribution is 2.34. The van der Waals surface area contributed by atoms with E-state index in [1.54, 1.807) is 0 Å². The van der Waals surface area contributed by atoms with E-state index in [1.165, 1.54) is 96.3 Å². The van der Waals surface area contributed by atoms with E-state index in [1.807, 2.05) is 18.2 Å². The quantitative estimate of drug-likeness (QED) is 0.270.